The molecular formula is C13H25NO4. The van der Waals surface area contributed by atoms with Crippen LogP contribution < -0.4 is 0 Å². The third-order valence-corrected chi connectivity index (χ3v) is 2.82. The number of ether oxygens (including phenoxy) is 2. The number of rotatable bonds is 10. The topological polar surface area (TPSA) is 55.8 Å². The van der Waals surface area contributed by atoms with Gasteiger partial charge in [-0.2, -0.15) is 0 Å². The van der Waals surface area contributed by atoms with E-state index in [1.54, 1.807) is 14.0 Å². The molecule has 1 atom stereocenters. The van der Waals surface area contributed by atoms with E-state index in [-0.39, 0.29) is 18.7 Å². The largest absolute Gasteiger partial charge is 0.466 e. The standard InChI is InChI=1S/C13H25NO4/c1-5-11(3)14(7-8-17-4)10-12(15)9-13(16)18-6-2/h11H,5-10H2,1-4H3. The van der Waals surface area contributed by atoms with Gasteiger partial charge in [-0.3, -0.25) is 14.5 Å². The zero-order valence-electron chi connectivity index (χ0n) is 11.9. The highest BCUT2D eigenvalue weighted by atomic mass is 16.5. The van der Waals surface area contributed by atoms with Gasteiger partial charge in [-0.05, 0) is 20.3 Å². The molecule has 0 rings (SSSR count). The molecule has 0 saturated heterocycles. The van der Waals surface area contributed by atoms with Crippen LogP contribution >= 0.6 is 0 Å². The molecule has 0 bridgehead atoms. The number of ketones is 1. The minimum Gasteiger partial charge on any atom is -0.466 e. The van der Waals surface area contributed by atoms with Gasteiger partial charge < -0.3 is 9.47 Å². The number of hydrogen-bond donors (Lipinski definition) is 0. The normalized spacial score (nSPS) is 12.5. The van der Waals surface area contributed by atoms with Crippen LogP contribution in [0.1, 0.15) is 33.6 Å². The van der Waals surface area contributed by atoms with Crippen molar-refractivity contribution in [3.8, 4) is 0 Å². The summed E-state index contributed by atoms with van der Waals surface area (Å²) in [7, 11) is 1.63. The van der Waals surface area contributed by atoms with E-state index in [0.29, 0.717) is 25.8 Å². The third kappa shape index (κ3) is 7.40. The summed E-state index contributed by atoms with van der Waals surface area (Å²) in [5.74, 6) is -0.553. The summed E-state index contributed by atoms with van der Waals surface area (Å²) in [5, 5.41) is 0. The van der Waals surface area contributed by atoms with Crippen LogP contribution in [0, 0.1) is 0 Å². The molecule has 0 radical (unpaired) electrons. The first-order chi connectivity index (χ1) is 8.54. The van der Waals surface area contributed by atoms with Crippen molar-refractivity contribution in [2.45, 2.75) is 39.7 Å². The van der Waals surface area contributed by atoms with Gasteiger partial charge in [0.05, 0.1) is 19.8 Å². The molecule has 0 aromatic rings. The van der Waals surface area contributed by atoms with Gasteiger partial charge in [-0.15, -0.1) is 0 Å². The lowest BCUT2D eigenvalue weighted by Gasteiger charge is -2.27. The van der Waals surface area contributed by atoms with Crippen LogP contribution in [0.25, 0.3) is 0 Å². The second-order valence-corrected chi connectivity index (χ2v) is 4.24. The van der Waals surface area contributed by atoms with Crippen LogP contribution in [0.2, 0.25) is 0 Å². The minimum atomic E-state index is -0.446. The van der Waals surface area contributed by atoms with Crippen LogP contribution in [-0.2, 0) is 19.1 Å². The molecule has 0 aliphatic heterocycles. The number of carbonyl (C=O) groups is 2. The number of methoxy groups -OCH3 is 1. The molecule has 0 aliphatic rings. The number of hydrogen-bond acceptors (Lipinski definition) is 5. The number of esters is 1. The van der Waals surface area contributed by atoms with Crippen molar-refractivity contribution in [1.82, 2.24) is 4.90 Å². The van der Waals surface area contributed by atoms with Crippen LogP contribution in [0.4, 0.5) is 0 Å². The SMILES string of the molecule is CCOC(=O)CC(=O)CN(CCOC)C(C)CC. The zero-order valence-corrected chi connectivity index (χ0v) is 11.9. The summed E-state index contributed by atoms with van der Waals surface area (Å²) in [6.07, 6.45) is 0.810. The first kappa shape index (κ1) is 17.1. The first-order valence-corrected chi connectivity index (χ1v) is 6.45. The monoisotopic (exact) mass is 259 g/mol. The van der Waals surface area contributed by atoms with E-state index in [1.165, 1.54) is 0 Å². The molecule has 18 heavy (non-hydrogen) atoms. The molecule has 1 unspecified atom stereocenters. The predicted octanol–water partition coefficient (Wildman–Crippen LogP) is 1.26. The summed E-state index contributed by atoms with van der Waals surface area (Å²) >= 11 is 0. The van der Waals surface area contributed by atoms with E-state index in [1.807, 2.05) is 4.90 Å². The maximum atomic E-state index is 11.7. The average molecular weight is 259 g/mol. The van der Waals surface area contributed by atoms with Gasteiger partial charge in [0.1, 0.15) is 6.42 Å². The summed E-state index contributed by atoms with van der Waals surface area (Å²) < 4.78 is 9.78. The van der Waals surface area contributed by atoms with Crippen LogP contribution in [0.3, 0.4) is 0 Å². The van der Waals surface area contributed by atoms with Crippen molar-refractivity contribution in [2.75, 3.05) is 33.4 Å². The Kier molecular flexibility index (Phi) is 9.50. The van der Waals surface area contributed by atoms with Crippen LogP contribution in [0.15, 0.2) is 0 Å². The lowest BCUT2D eigenvalue weighted by Crippen LogP contribution is -2.39. The van der Waals surface area contributed by atoms with E-state index in [9.17, 15) is 9.59 Å². The maximum Gasteiger partial charge on any atom is 0.313 e. The van der Waals surface area contributed by atoms with E-state index in [4.69, 9.17) is 9.47 Å². The number of nitrogens with zero attached hydrogens (tertiary/aromatic N) is 1. The van der Waals surface area contributed by atoms with Gasteiger partial charge in [-0.25, -0.2) is 0 Å². The van der Waals surface area contributed by atoms with Gasteiger partial charge in [0.25, 0.3) is 0 Å². The smallest absolute Gasteiger partial charge is 0.313 e. The fourth-order valence-corrected chi connectivity index (χ4v) is 1.58. The lowest BCUT2D eigenvalue weighted by molar-refractivity contribution is -0.145. The maximum absolute atomic E-state index is 11.7. The summed E-state index contributed by atoms with van der Waals surface area (Å²) in [5.41, 5.74) is 0. The molecule has 0 aromatic carbocycles. The molecule has 0 heterocycles. The Morgan fingerprint density at radius 3 is 2.44 bits per heavy atom. The van der Waals surface area contributed by atoms with E-state index in [0.717, 1.165) is 6.42 Å². The second kappa shape index (κ2) is 10.0. The Morgan fingerprint density at radius 2 is 1.94 bits per heavy atom. The third-order valence-electron chi connectivity index (χ3n) is 2.82. The molecule has 0 fully saturated rings. The van der Waals surface area contributed by atoms with Crippen LogP contribution in [0.5, 0.6) is 0 Å². The molecule has 0 spiro atoms. The molecule has 0 saturated carbocycles. The molecular weight excluding hydrogens is 234 g/mol. The minimum absolute atomic E-state index is 0.107. The fraction of sp³-hybridized carbons (Fsp3) is 0.846. The van der Waals surface area contributed by atoms with Crippen LogP contribution in [-0.4, -0.2) is 56.1 Å². The van der Waals surface area contributed by atoms with E-state index < -0.39 is 5.97 Å². The average Bonchev–Trinajstić information content (AvgIpc) is 2.33. The van der Waals surface area contributed by atoms with Gasteiger partial charge in [0.2, 0.25) is 0 Å². The Hall–Kier alpha value is -0.940. The highest BCUT2D eigenvalue weighted by Gasteiger charge is 2.18. The Labute approximate surface area is 109 Å². The van der Waals surface area contributed by atoms with Gasteiger partial charge in [0, 0.05) is 19.7 Å². The van der Waals surface area contributed by atoms with Crippen molar-refractivity contribution in [2.24, 2.45) is 0 Å². The van der Waals surface area contributed by atoms with Gasteiger partial charge in [-0.1, -0.05) is 6.92 Å². The Balaban J connectivity index is 4.21. The van der Waals surface area contributed by atoms with Gasteiger partial charge in [0.15, 0.2) is 5.78 Å². The Morgan fingerprint density at radius 1 is 1.28 bits per heavy atom. The summed E-state index contributed by atoms with van der Waals surface area (Å²) in [6.45, 7) is 7.72. The summed E-state index contributed by atoms with van der Waals surface area (Å²) in [4.78, 5) is 25.0. The van der Waals surface area contributed by atoms with E-state index in [2.05, 4.69) is 13.8 Å². The highest BCUT2D eigenvalue weighted by molar-refractivity contribution is 5.96. The van der Waals surface area contributed by atoms with Crippen molar-refractivity contribution < 1.29 is 19.1 Å². The number of carbonyl (C=O) groups excluding carboxylic acids is 2. The quantitative estimate of drug-likeness (QED) is 0.436. The van der Waals surface area contributed by atoms with E-state index >= 15 is 0 Å². The van der Waals surface area contributed by atoms with Crippen molar-refractivity contribution in [3.63, 3.8) is 0 Å². The fourth-order valence-electron chi connectivity index (χ4n) is 1.58. The molecule has 0 aliphatic carbocycles. The highest BCUT2D eigenvalue weighted by Crippen LogP contribution is 2.04. The zero-order chi connectivity index (χ0) is 14.0. The van der Waals surface area contributed by atoms with Crippen molar-refractivity contribution in [3.05, 3.63) is 0 Å². The van der Waals surface area contributed by atoms with Crippen molar-refractivity contribution >= 4 is 11.8 Å². The van der Waals surface area contributed by atoms with Crippen molar-refractivity contribution in [1.29, 1.82) is 0 Å². The first-order valence-electron chi connectivity index (χ1n) is 6.45. The molecule has 0 N–H and O–H groups in total. The molecule has 0 amide bonds. The molecule has 106 valence electrons. The lowest BCUT2D eigenvalue weighted by atomic mass is 10.2. The van der Waals surface area contributed by atoms with Gasteiger partial charge >= 0.3 is 5.97 Å². The summed E-state index contributed by atoms with van der Waals surface area (Å²) in [6, 6.07) is 0.297. The number of Topliss-reactive ketones (excluding diaryl/α,β-unsaturated/α-hetero) is 1. The molecule has 5 heteroatoms. The molecule has 5 nitrogen and oxygen atoms in total. The molecule has 0 aromatic heterocycles. The Bertz CT molecular complexity index is 255. The predicted molar refractivity (Wildman–Crippen MR) is 69.5 cm³/mol. The second-order valence-electron chi connectivity index (χ2n) is 4.24.